The minimum atomic E-state index is -0.740. The fourth-order valence-electron chi connectivity index (χ4n) is 1.60. The first-order chi connectivity index (χ1) is 8.24. The Morgan fingerprint density at radius 1 is 1.41 bits per heavy atom. The summed E-state index contributed by atoms with van der Waals surface area (Å²) in [6.45, 7) is 1.88. The van der Waals surface area contributed by atoms with Gasteiger partial charge in [0.15, 0.2) is 5.78 Å². The molecule has 1 unspecified atom stereocenters. The van der Waals surface area contributed by atoms with Crippen molar-refractivity contribution in [1.82, 2.24) is 4.98 Å². The van der Waals surface area contributed by atoms with Crippen molar-refractivity contribution in [2.24, 2.45) is 0 Å². The molecule has 17 heavy (non-hydrogen) atoms. The SMILES string of the molecule is Cc1ccsc1C(=O)C(C#N)c1ccncc1. The number of carbonyl (C=O) groups is 1. The lowest BCUT2D eigenvalue weighted by Gasteiger charge is -2.07. The number of nitrogens with zero attached hydrogens (tertiary/aromatic N) is 2. The summed E-state index contributed by atoms with van der Waals surface area (Å²) in [4.78, 5) is 16.8. The number of hydrogen-bond acceptors (Lipinski definition) is 4. The highest BCUT2D eigenvalue weighted by Gasteiger charge is 2.23. The molecule has 2 heterocycles. The van der Waals surface area contributed by atoms with E-state index < -0.39 is 5.92 Å². The van der Waals surface area contributed by atoms with Crippen molar-refractivity contribution in [3.05, 3.63) is 52.0 Å². The van der Waals surface area contributed by atoms with Crippen LogP contribution in [0.4, 0.5) is 0 Å². The van der Waals surface area contributed by atoms with E-state index in [1.165, 1.54) is 11.3 Å². The van der Waals surface area contributed by atoms with Gasteiger partial charge in [0.25, 0.3) is 0 Å². The second-order valence-electron chi connectivity index (χ2n) is 3.64. The average Bonchev–Trinajstić information content (AvgIpc) is 2.77. The van der Waals surface area contributed by atoms with Crippen LogP contribution in [0.1, 0.15) is 26.7 Å². The van der Waals surface area contributed by atoms with Gasteiger partial charge < -0.3 is 0 Å². The molecule has 0 aliphatic rings. The molecule has 0 N–H and O–H groups in total. The third-order valence-corrected chi connectivity index (χ3v) is 3.55. The summed E-state index contributed by atoms with van der Waals surface area (Å²) in [5.74, 6) is -0.874. The van der Waals surface area contributed by atoms with Gasteiger partial charge >= 0.3 is 0 Å². The van der Waals surface area contributed by atoms with Gasteiger partial charge in [-0.25, -0.2) is 0 Å². The Labute approximate surface area is 103 Å². The minimum absolute atomic E-state index is 0.133. The van der Waals surface area contributed by atoms with Crippen LogP contribution < -0.4 is 0 Å². The van der Waals surface area contributed by atoms with E-state index in [0.29, 0.717) is 10.4 Å². The molecule has 0 radical (unpaired) electrons. The second-order valence-corrected chi connectivity index (χ2v) is 4.56. The number of thiophene rings is 1. The van der Waals surface area contributed by atoms with Crippen LogP contribution in [0.2, 0.25) is 0 Å². The number of aromatic nitrogens is 1. The molecule has 0 spiro atoms. The maximum absolute atomic E-state index is 12.2. The lowest BCUT2D eigenvalue weighted by Crippen LogP contribution is -2.10. The zero-order chi connectivity index (χ0) is 12.3. The summed E-state index contributed by atoms with van der Waals surface area (Å²) < 4.78 is 0. The normalized spacial score (nSPS) is 11.8. The lowest BCUT2D eigenvalue weighted by molar-refractivity contribution is 0.0982. The van der Waals surface area contributed by atoms with Crippen LogP contribution in [0.5, 0.6) is 0 Å². The van der Waals surface area contributed by atoms with Crippen molar-refractivity contribution in [2.75, 3.05) is 0 Å². The zero-order valence-electron chi connectivity index (χ0n) is 9.25. The quantitative estimate of drug-likeness (QED) is 0.777. The number of ketones is 1. The third-order valence-electron chi connectivity index (χ3n) is 2.52. The van der Waals surface area contributed by atoms with Gasteiger partial charge in [0.2, 0.25) is 0 Å². The van der Waals surface area contributed by atoms with Crippen LogP contribution in [0.15, 0.2) is 36.0 Å². The summed E-state index contributed by atoms with van der Waals surface area (Å²) in [6.07, 6.45) is 3.18. The monoisotopic (exact) mass is 242 g/mol. The van der Waals surface area contributed by atoms with E-state index in [1.807, 2.05) is 18.4 Å². The first-order valence-electron chi connectivity index (χ1n) is 5.12. The van der Waals surface area contributed by atoms with E-state index in [4.69, 9.17) is 5.26 Å². The molecule has 2 aromatic rings. The van der Waals surface area contributed by atoms with E-state index in [-0.39, 0.29) is 5.78 Å². The first kappa shape index (κ1) is 11.5. The van der Waals surface area contributed by atoms with Gasteiger partial charge in [-0.15, -0.1) is 11.3 Å². The van der Waals surface area contributed by atoms with Crippen molar-refractivity contribution in [3.8, 4) is 6.07 Å². The van der Waals surface area contributed by atoms with Crippen LogP contribution in [0.3, 0.4) is 0 Å². The molecule has 4 heteroatoms. The van der Waals surface area contributed by atoms with Crippen molar-refractivity contribution in [3.63, 3.8) is 0 Å². The molecule has 84 valence electrons. The largest absolute Gasteiger partial charge is 0.291 e. The number of aryl methyl sites for hydroxylation is 1. The molecule has 0 saturated carbocycles. The number of nitriles is 1. The van der Waals surface area contributed by atoms with Crippen LogP contribution in [0, 0.1) is 18.3 Å². The molecule has 0 amide bonds. The van der Waals surface area contributed by atoms with Crippen LogP contribution in [-0.2, 0) is 0 Å². The first-order valence-corrected chi connectivity index (χ1v) is 6.00. The number of Topliss-reactive ketones (excluding diaryl/α,β-unsaturated/α-hetero) is 1. The summed E-state index contributed by atoms with van der Waals surface area (Å²) in [7, 11) is 0. The third kappa shape index (κ3) is 2.24. The summed E-state index contributed by atoms with van der Waals surface area (Å²) in [6, 6.07) is 7.36. The highest BCUT2D eigenvalue weighted by molar-refractivity contribution is 7.12. The number of hydrogen-bond donors (Lipinski definition) is 0. The molecule has 2 aromatic heterocycles. The topological polar surface area (TPSA) is 53.8 Å². The standard InChI is InChI=1S/C13H10N2OS/c1-9-4-7-17-13(9)12(16)11(8-14)10-2-5-15-6-3-10/h2-7,11H,1H3. The second kappa shape index (κ2) is 4.89. The predicted octanol–water partition coefficient (Wildman–Crippen LogP) is 2.94. The van der Waals surface area contributed by atoms with Crippen LogP contribution in [0.25, 0.3) is 0 Å². The number of carbonyl (C=O) groups excluding carboxylic acids is 1. The Kier molecular flexibility index (Phi) is 3.31. The smallest absolute Gasteiger partial charge is 0.194 e. The van der Waals surface area contributed by atoms with Gasteiger partial charge in [-0.05, 0) is 41.6 Å². The van der Waals surface area contributed by atoms with E-state index in [2.05, 4.69) is 11.1 Å². The molecule has 0 aliphatic heterocycles. The maximum Gasteiger partial charge on any atom is 0.194 e. The van der Waals surface area contributed by atoms with Crippen molar-refractivity contribution in [2.45, 2.75) is 12.8 Å². The fourth-order valence-corrected chi connectivity index (χ4v) is 2.49. The summed E-state index contributed by atoms with van der Waals surface area (Å²) >= 11 is 1.38. The summed E-state index contributed by atoms with van der Waals surface area (Å²) in [5, 5.41) is 11.0. The molecular formula is C13H10N2OS. The Hall–Kier alpha value is -1.99. The Bertz CT molecular complexity index is 569. The molecule has 0 aliphatic carbocycles. The molecular weight excluding hydrogens is 232 g/mol. The van der Waals surface area contributed by atoms with Gasteiger partial charge in [-0.2, -0.15) is 5.26 Å². The van der Waals surface area contributed by atoms with E-state index in [0.717, 1.165) is 5.56 Å². The fraction of sp³-hybridized carbons (Fsp3) is 0.154. The minimum Gasteiger partial charge on any atom is -0.291 e. The average molecular weight is 242 g/mol. The molecule has 0 fully saturated rings. The Morgan fingerprint density at radius 3 is 2.65 bits per heavy atom. The highest BCUT2D eigenvalue weighted by Crippen LogP contribution is 2.25. The summed E-state index contributed by atoms with van der Waals surface area (Å²) in [5.41, 5.74) is 1.62. The maximum atomic E-state index is 12.2. The number of rotatable bonds is 3. The lowest BCUT2D eigenvalue weighted by atomic mass is 9.95. The van der Waals surface area contributed by atoms with E-state index in [1.54, 1.807) is 24.5 Å². The van der Waals surface area contributed by atoms with Crippen molar-refractivity contribution >= 4 is 17.1 Å². The van der Waals surface area contributed by atoms with Crippen LogP contribution in [-0.4, -0.2) is 10.8 Å². The molecule has 3 nitrogen and oxygen atoms in total. The highest BCUT2D eigenvalue weighted by atomic mass is 32.1. The van der Waals surface area contributed by atoms with Gasteiger partial charge in [0.05, 0.1) is 10.9 Å². The molecule has 0 saturated heterocycles. The molecule has 0 bridgehead atoms. The Balaban J connectivity index is 2.36. The zero-order valence-corrected chi connectivity index (χ0v) is 10.1. The Morgan fingerprint density at radius 2 is 2.12 bits per heavy atom. The van der Waals surface area contributed by atoms with E-state index >= 15 is 0 Å². The van der Waals surface area contributed by atoms with Crippen molar-refractivity contribution in [1.29, 1.82) is 5.26 Å². The predicted molar refractivity (Wildman–Crippen MR) is 66.0 cm³/mol. The van der Waals surface area contributed by atoms with Gasteiger partial charge in [-0.3, -0.25) is 9.78 Å². The van der Waals surface area contributed by atoms with Crippen LogP contribution >= 0.6 is 11.3 Å². The van der Waals surface area contributed by atoms with E-state index in [9.17, 15) is 4.79 Å². The van der Waals surface area contributed by atoms with Crippen molar-refractivity contribution < 1.29 is 4.79 Å². The molecule has 1 atom stereocenters. The van der Waals surface area contributed by atoms with Gasteiger partial charge in [-0.1, -0.05) is 0 Å². The molecule has 2 rings (SSSR count). The van der Waals surface area contributed by atoms with Gasteiger partial charge in [0.1, 0.15) is 5.92 Å². The molecule has 0 aromatic carbocycles. The number of pyridine rings is 1. The van der Waals surface area contributed by atoms with Gasteiger partial charge in [0, 0.05) is 12.4 Å².